The van der Waals surface area contributed by atoms with Crippen LogP contribution in [-0.4, -0.2) is 29.4 Å². The Hall–Kier alpha value is -1.99. The number of benzene rings is 1. The van der Waals surface area contributed by atoms with Crippen LogP contribution in [0.4, 0.5) is 0 Å². The molecule has 26 heavy (non-hydrogen) atoms. The van der Waals surface area contributed by atoms with Gasteiger partial charge < -0.3 is 14.5 Å². The highest BCUT2D eigenvalue weighted by atomic mass is 32.2. The predicted molar refractivity (Wildman–Crippen MR) is 109 cm³/mol. The second kappa shape index (κ2) is 8.14. The average Bonchev–Trinajstić information content (AvgIpc) is 2.93. The van der Waals surface area contributed by atoms with E-state index in [1.165, 1.54) is 0 Å². The van der Waals surface area contributed by atoms with Gasteiger partial charge in [0.05, 0.1) is 24.4 Å². The molecule has 0 amide bonds. The standard InChI is InChI=1S/C19H22N2O3S2/c1-11-12(2)26-19-16(11)18(22)20-17(21-19)13(3)25-10-9-24-15-7-5-14(23-4)6-8-15/h5-8,13H,9-10H2,1-4H3,(H,20,21,22). The molecule has 0 saturated heterocycles. The highest BCUT2D eigenvalue weighted by molar-refractivity contribution is 7.99. The molecule has 2 aromatic heterocycles. The topological polar surface area (TPSA) is 64.2 Å². The highest BCUT2D eigenvalue weighted by Crippen LogP contribution is 2.30. The third kappa shape index (κ3) is 4.04. The summed E-state index contributed by atoms with van der Waals surface area (Å²) in [5, 5.41) is 0.811. The van der Waals surface area contributed by atoms with Crippen LogP contribution in [0.2, 0.25) is 0 Å². The minimum Gasteiger partial charge on any atom is -0.497 e. The molecule has 5 nitrogen and oxygen atoms in total. The number of thiophene rings is 1. The Morgan fingerprint density at radius 1 is 1.23 bits per heavy atom. The number of aromatic nitrogens is 2. The van der Waals surface area contributed by atoms with Gasteiger partial charge in [-0.3, -0.25) is 4.79 Å². The summed E-state index contributed by atoms with van der Waals surface area (Å²) in [4.78, 5) is 21.9. The maximum absolute atomic E-state index is 12.4. The Morgan fingerprint density at radius 3 is 2.62 bits per heavy atom. The number of ether oxygens (including phenoxy) is 2. The Labute approximate surface area is 160 Å². The van der Waals surface area contributed by atoms with Gasteiger partial charge in [0.25, 0.3) is 5.56 Å². The highest BCUT2D eigenvalue weighted by Gasteiger charge is 2.15. The number of fused-ring (bicyclic) bond motifs is 1. The van der Waals surface area contributed by atoms with Gasteiger partial charge in [0, 0.05) is 10.6 Å². The number of thioether (sulfide) groups is 1. The van der Waals surface area contributed by atoms with Gasteiger partial charge >= 0.3 is 0 Å². The minimum absolute atomic E-state index is 0.0474. The molecule has 1 atom stereocenters. The monoisotopic (exact) mass is 390 g/mol. The van der Waals surface area contributed by atoms with Crippen LogP contribution in [0.1, 0.15) is 28.4 Å². The molecule has 0 bridgehead atoms. The average molecular weight is 391 g/mol. The third-order valence-electron chi connectivity index (χ3n) is 4.22. The van der Waals surface area contributed by atoms with E-state index in [0.717, 1.165) is 43.7 Å². The van der Waals surface area contributed by atoms with Crippen LogP contribution in [0.3, 0.4) is 0 Å². The predicted octanol–water partition coefficient (Wildman–Crippen LogP) is 4.48. The van der Waals surface area contributed by atoms with Crippen LogP contribution >= 0.6 is 23.1 Å². The van der Waals surface area contributed by atoms with Gasteiger partial charge in [0.1, 0.15) is 22.2 Å². The van der Waals surface area contributed by atoms with Crippen LogP contribution in [0.25, 0.3) is 10.2 Å². The first-order chi connectivity index (χ1) is 12.5. The van der Waals surface area contributed by atoms with Gasteiger partial charge in [0.15, 0.2) is 0 Å². The number of aryl methyl sites for hydroxylation is 2. The first kappa shape index (κ1) is 18.8. The van der Waals surface area contributed by atoms with Crippen LogP contribution in [0.5, 0.6) is 11.5 Å². The Balaban J connectivity index is 1.58. The zero-order valence-electron chi connectivity index (χ0n) is 15.3. The zero-order chi connectivity index (χ0) is 18.7. The first-order valence-electron chi connectivity index (χ1n) is 8.38. The maximum Gasteiger partial charge on any atom is 0.259 e. The molecule has 1 unspecified atom stereocenters. The summed E-state index contributed by atoms with van der Waals surface area (Å²) in [6.45, 7) is 6.63. The van der Waals surface area contributed by atoms with Gasteiger partial charge in [-0.2, -0.15) is 0 Å². The lowest BCUT2D eigenvalue weighted by atomic mass is 10.2. The maximum atomic E-state index is 12.4. The first-order valence-corrected chi connectivity index (χ1v) is 10.2. The van der Waals surface area contributed by atoms with Crippen molar-refractivity contribution in [3.05, 3.63) is 50.9 Å². The van der Waals surface area contributed by atoms with E-state index >= 15 is 0 Å². The summed E-state index contributed by atoms with van der Waals surface area (Å²) in [6.07, 6.45) is 0. The molecule has 7 heteroatoms. The summed E-state index contributed by atoms with van der Waals surface area (Å²) in [6, 6.07) is 7.53. The van der Waals surface area contributed by atoms with Crippen molar-refractivity contribution < 1.29 is 9.47 Å². The van der Waals surface area contributed by atoms with Crippen molar-refractivity contribution in [2.75, 3.05) is 19.5 Å². The largest absolute Gasteiger partial charge is 0.497 e. The Kier molecular flexibility index (Phi) is 5.88. The van der Waals surface area contributed by atoms with E-state index in [1.54, 1.807) is 30.2 Å². The van der Waals surface area contributed by atoms with Gasteiger partial charge in [-0.15, -0.1) is 23.1 Å². The minimum atomic E-state index is -0.0474. The molecule has 0 aliphatic rings. The van der Waals surface area contributed by atoms with E-state index in [1.807, 2.05) is 38.1 Å². The molecule has 1 aromatic carbocycles. The van der Waals surface area contributed by atoms with Crippen LogP contribution in [0.15, 0.2) is 29.1 Å². The van der Waals surface area contributed by atoms with Gasteiger partial charge in [-0.05, 0) is 50.6 Å². The molecular weight excluding hydrogens is 368 g/mol. The normalized spacial score (nSPS) is 12.3. The molecule has 3 rings (SSSR count). The second-order valence-corrected chi connectivity index (χ2v) is 8.60. The summed E-state index contributed by atoms with van der Waals surface area (Å²) in [7, 11) is 1.64. The fourth-order valence-corrected chi connectivity index (χ4v) is 4.44. The van der Waals surface area contributed by atoms with E-state index in [4.69, 9.17) is 9.47 Å². The number of nitrogens with zero attached hydrogens (tertiary/aromatic N) is 1. The molecule has 1 N–H and O–H groups in total. The Bertz CT molecular complexity index is 948. The van der Waals surface area contributed by atoms with Crippen molar-refractivity contribution >= 4 is 33.3 Å². The van der Waals surface area contributed by atoms with Gasteiger partial charge in [-0.1, -0.05) is 0 Å². The van der Waals surface area contributed by atoms with Crippen LogP contribution in [0, 0.1) is 13.8 Å². The van der Waals surface area contributed by atoms with Crippen molar-refractivity contribution in [1.82, 2.24) is 9.97 Å². The van der Waals surface area contributed by atoms with Crippen molar-refractivity contribution in [2.45, 2.75) is 26.0 Å². The van der Waals surface area contributed by atoms with Crippen molar-refractivity contribution in [1.29, 1.82) is 0 Å². The molecule has 0 aliphatic carbocycles. The molecule has 0 spiro atoms. The molecule has 0 aliphatic heterocycles. The molecule has 2 heterocycles. The fraction of sp³-hybridized carbons (Fsp3) is 0.368. The molecule has 0 fully saturated rings. The van der Waals surface area contributed by atoms with Crippen molar-refractivity contribution in [3.8, 4) is 11.5 Å². The van der Waals surface area contributed by atoms with Gasteiger partial charge in [0.2, 0.25) is 0 Å². The van der Waals surface area contributed by atoms with E-state index in [-0.39, 0.29) is 10.8 Å². The number of rotatable bonds is 7. The molecule has 138 valence electrons. The van der Waals surface area contributed by atoms with E-state index in [2.05, 4.69) is 16.9 Å². The van der Waals surface area contributed by atoms with Crippen LogP contribution in [-0.2, 0) is 0 Å². The lowest BCUT2D eigenvalue weighted by Crippen LogP contribution is -2.13. The zero-order valence-corrected chi connectivity index (χ0v) is 16.9. The summed E-state index contributed by atoms with van der Waals surface area (Å²) in [5.41, 5.74) is 0.979. The lowest BCUT2D eigenvalue weighted by Gasteiger charge is -2.11. The summed E-state index contributed by atoms with van der Waals surface area (Å²) in [5.74, 6) is 3.15. The number of aromatic amines is 1. The molecule has 3 aromatic rings. The Morgan fingerprint density at radius 2 is 1.92 bits per heavy atom. The van der Waals surface area contributed by atoms with E-state index in [9.17, 15) is 4.79 Å². The molecule has 0 saturated carbocycles. The lowest BCUT2D eigenvalue weighted by molar-refractivity contribution is 0.342. The van der Waals surface area contributed by atoms with Gasteiger partial charge in [-0.25, -0.2) is 4.98 Å². The second-order valence-electron chi connectivity index (χ2n) is 5.95. The summed E-state index contributed by atoms with van der Waals surface area (Å²) < 4.78 is 10.9. The molecular formula is C19H22N2O3S2. The third-order valence-corrected chi connectivity index (χ3v) is 6.45. The molecule has 0 radical (unpaired) electrons. The quantitative estimate of drug-likeness (QED) is 0.603. The number of H-pyrrole nitrogens is 1. The fourth-order valence-electron chi connectivity index (χ4n) is 2.60. The number of nitrogens with one attached hydrogen (secondary N) is 1. The van der Waals surface area contributed by atoms with Crippen molar-refractivity contribution in [2.24, 2.45) is 0 Å². The number of hydrogen-bond donors (Lipinski definition) is 1. The van der Waals surface area contributed by atoms with E-state index < -0.39 is 0 Å². The van der Waals surface area contributed by atoms with Crippen molar-refractivity contribution in [3.63, 3.8) is 0 Å². The number of methoxy groups -OCH3 is 1. The smallest absolute Gasteiger partial charge is 0.259 e. The van der Waals surface area contributed by atoms with E-state index in [0.29, 0.717) is 6.61 Å². The SMILES string of the molecule is COc1ccc(OCCSC(C)c2nc3sc(C)c(C)c3c(=O)[nH]2)cc1. The van der Waals surface area contributed by atoms with Crippen LogP contribution < -0.4 is 15.0 Å². The number of hydrogen-bond acceptors (Lipinski definition) is 6. The summed E-state index contributed by atoms with van der Waals surface area (Å²) >= 11 is 3.28.